The number of ether oxygens (including phenoxy) is 1. The van der Waals surface area contributed by atoms with Gasteiger partial charge in [0.15, 0.2) is 12.6 Å². The van der Waals surface area contributed by atoms with E-state index in [1.54, 1.807) is 0 Å². The molecule has 1 aliphatic heterocycles. The van der Waals surface area contributed by atoms with Crippen molar-refractivity contribution in [2.75, 3.05) is 0 Å². The van der Waals surface area contributed by atoms with Gasteiger partial charge in [-0.15, -0.1) is 0 Å². The quantitative estimate of drug-likeness (QED) is 0.258. The molecule has 6 nitrogen and oxygen atoms in total. The highest BCUT2D eigenvalue weighted by Gasteiger charge is 2.42. The van der Waals surface area contributed by atoms with Gasteiger partial charge in [0.25, 0.3) is 0 Å². The van der Waals surface area contributed by atoms with E-state index in [-0.39, 0.29) is 0 Å². The van der Waals surface area contributed by atoms with Gasteiger partial charge in [-0.25, -0.2) is 0 Å². The molecule has 1 heterocycles. The minimum absolute atomic E-state index is 1.59. The van der Waals surface area contributed by atoms with E-state index in [1.165, 1.54) is 0 Å². The van der Waals surface area contributed by atoms with E-state index in [9.17, 15) is 0 Å². The minimum atomic E-state index is -1.66. The summed E-state index contributed by atoms with van der Waals surface area (Å²) < 4.78 is 4.23. The van der Waals surface area contributed by atoms with Gasteiger partial charge in [0, 0.05) is 0 Å². The second-order valence-electron chi connectivity index (χ2n) is 2.39. The predicted molar refractivity (Wildman–Crippen MR) is 31.1 cm³/mol. The van der Waals surface area contributed by atoms with Crippen LogP contribution in [0.1, 0.15) is 0 Å². The first-order chi connectivity index (χ1) is 5.04. The molecule has 0 saturated carbocycles. The van der Waals surface area contributed by atoms with Gasteiger partial charge in [-0.2, -0.15) is 0 Å². The second kappa shape index (κ2) is 3.02. The lowest BCUT2D eigenvalue weighted by molar-refractivity contribution is -0.328. The van der Waals surface area contributed by atoms with Crippen LogP contribution in [0.15, 0.2) is 0 Å². The largest absolute Gasteiger partial charge is 0.387 e. The zero-order valence-electron chi connectivity index (χ0n) is 5.53. The number of rotatable bonds is 0. The molecule has 66 valence electrons. The third-order valence-corrected chi connectivity index (χ3v) is 1.56. The van der Waals surface area contributed by atoms with Crippen molar-refractivity contribution in [1.29, 1.82) is 0 Å². The van der Waals surface area contributed by atoms with Crippen LogP contribution in [0, 0.1) is 0 Å². The van der Waals surface area contributed by atoms with Crippen LogP contribution < -0.4 is 0 Å². The summed E-state index contributed by atoms with van der Waals surface area (Å²) in [5, 5.41) is 44.0. The molecular formula is C5H10O6. The molecular weight excluding hydrogens is 156 g/mol. The van der Waals surface area contributed by atoms with Crippen LogP contribution in [0.2, 0.25) is 0 Å². The highest BCUT2D eigenvalue weighted by molar-refractivity contribution is 4.83. The molecule has 5 atom stereocenters. The van der Waals surface area contributed by atoms with Gasteiger partial charge in [-0.3, -0.25) is 0 Å². The molecule has 1 aliphatic rings. The van der Waals surface area contributed by atoms with Crippen molar-refractivity contribution in [2.45, 2.75) is 30.9 Å². The van der Waals surface area contributed by atoms with Crippen molar-refractivity contribution in [1.82, 2.24) is 0 Å². The summed E-state index contributed by atoms with van der Waals surface area (Å²) in [5.41, 5.74) is 0. The Morgan fingerprint density at radius 3 is 1.36 bits per heavy atom. The molecule has 1 rings (SSSR count). The Bertz CT molecular complexity index is 125. The third-order valence-electron chi connectivity index (χ3n) is 1.56. The van der Waals surface area contributed by atoms with Gasteiger partial charge >= 0.3 is 0 Å². The SMILES string of the molecule is OC1[C@@H](O)[C@H](O)O[C@@H](O)[C@H]1O. The first-order valence-corrected chi connectivity index (χ1v) is 3.10. The Labute approximate surface area is 62.3 Å². The number of aliphatic hydroxyl groups excluding tert-OH is 5. The van der Waals surface area contributed by atoms with E-state index in [2.05, 4.69) is 4.74 Å². The lowest BCUT2D eigenvalue weighted by Gasteiger charge is -2.35. The lowest BCUT2D eigenvalue weighted by atomic mass is 10.0. The fourth-order valence-electron chi connectivity index (χ4n) is 0.843. The summed E-state index contributed by atoms with van der Waals surface area (Å²) in [6, 6.07) is 0. The summed E-state index contributed by atoms with van der Waals surface area (Å²) in [6.07, 6.45) is -8.10. The molecule has 0 aliphatic carbocycles. The zero-order valence-corrected chi connectivity index (χ0v) is 5.53. The van der Waals surface area contributed by atoms with Crippen LogP contribution >= 0.6 is 0 Å². The smallest absolute Gasteiger partial charge is 0.186 e. The predicted octanol–water partition coefficient (Wildman–Crippen LogP) is -3.26. The summed E-state index contributed by atoms with van der Waals surface area (Å²) in [5.74, 6) is 0. The van der Waals surface area contributed by atoms with Crippen molar-refractivity contribution in [3.8, 4) is 0 Å². The Morgan fingerprint density at radius 2 is 1.00 bits per heavy atom. The van der Waals surface area contributed by atoms with Crippen molar-refractivity contribution >= 4 is 0 Å². The Balaban J connectivity index is 2.63. The van der Waals surface area contributed by atoms with Gasteiger partial charge < -0.3 is 30.3 Å². The van der Waals surface area contributed by atoms with Crippen molar-refractivity contribution in [3.05, 3.63) is 0 Å². The van der Waals surface area contributed by atoms with Crippen LogP contribution in [-0.2, 0) is 4.74 Å². The maximum absolute atomic E-state index is 8.89. The molecule has 0 aromatic heterocycles. The first kappa shape index (κ1) is 8.85. The molecule has 1 unspecified atom stereocenters. The average Bonchev–Trinajstić information content (AvgIpc) is 1.97. The fraction of sp³-hybridized carbons (Fsp3) is 1.00. The van der Waals surface area contributed by atoms with E-state index in [4.69, 9.17) is 25.5 Å². The Morgan fingerprint density at radius 1 is 0.636 bits per heavy atom. The van der Waals surface area contributed by atoms with Gasteiger partial charge in [0.05, 0.1) is 0 Å². The summed E-state index contributed by atoms with van der Waals surface area (Å²) in [7, 11) is 0. The third kappa shape index (κ3) is 1.51. The van der Waals surface area contributed by atoms with Crippen molar-refractivity contribution in [2.24, 2.45) is 0 Å². The second-order valence-corrected chi connectivity index (χ2v) is 2.39. The van der Waals surface area contributed by atoms with Crippen LogP contribution in [0.5, 0.6) is 0 Å². The number of hydrogen-bond donors (Lipinski definition) is 5. The molecule has 1 fully saturated rings. The minimum Gasteiger partial charge on any atom is -0.387 e. The fourth-order valence-corrected chi connectivity index (χ4v) is 0.843. The number of aliphatic hydroxyl groups is 5. The topological polar surface area (TPSA) is 110 Å². The summed E-state index contributed by atoms with van der Waals surface area (Å²) in [6.45, 7) is 0. The van der Waals surface area contributed by atoms with Crippen LogP contribution in [0.4, 0.5) is 0 Å². The highest BCUT2D eigenvalue weighted by Crippen LogP contribution is 2.17. The maximum atomic E-state index is 8.89. The van der Waals surface area contributed by atoms with Gasteiger partial charge in [-0.05, 0) is 0 Å². The maximum Gasteiger partial charge on any atom is 0.186 e. The van der Waals surface area contributed by atoms with Crippen LogP contribution in [0.25, 0.3) is 0 Å². The highest BCUT2D eigenvalue weighted by atomic mass is 16.7. The molecule has 5 N–H and O–H groups in total. The lowest BCUT2D eigenvalue weighted by Crippen LogP contribution is -2.57. The standard InChI is InChI=1S/C5H10O6/c6-1-2(7)4(9)11-5(10)3(1)8/h1-10H/t1?,2-,3+,4-,5-/m1/s1. The average molecular weight is 166 g/mol. The molecule has 0 aromatic rings. The van der Waals surface area contributed by atoms with Crippen molar-refractivity contribution in [3.63, 3.8) is 0 Å². The molecule has 0 amide bonds. The van der Waals surface area contributed by atoms with Crippen LogP contribution in [0.3, 0.4) is 0 Å². The number of hydrogen-bond acceptors (Lipinski definition) is 6. The van der Waals surface area contributed by atoms with E-state index < -0.39 is 30.9 Å². The molecule has 0 radical (unpaired) electrons. The summed E-state index contributed by atoms with van der Waals surface area (Å²) in [4.78, 5) is 0. The summed E-state index contributed by atoms with van der Waals surface area (Å²) >= 11 is 0. The van der Waals surface area contributed by atoms with Gasteiger partial charge in [-0.1, -0.05) is 0 Å². The zero-order chi connectivity index (χ0) is 8.59. The monoisotopic (exact) mass is 166 g/mol. The first-order valence-electron chi connectivity index (χ1n) is 3.10. The Hall–Kier alpha value is -0.240. The molecule has 6 heteroatoms. The van der Waals surface area contributed by atoms with E-state index in [0.717, 1.165) is 0 Å². The molecule has 0 aromatic carbocycles. The molecule has 0 spiro atoms. The van der Waals surface area contributed by atoms with E-state index in [1.807, 2.05) is 0 Å². The van der Waals surface area contributed by atoms with Gasteiger partial charge in [0.2, 0.25) is 0 Å². The molecule has 11 heavy (non-hydrogen) atoms. The van der Waals surface area contributed by atoms with E-state index in [0.29, 0.717) is 0 Å². The van der Waals surface area contributed by atoms with E-state index >= 15 is 0 Å². The normalized spacial score (nSPS) is 52.6. The van der Waals surface area contributed by atoms with Gasteiger partial charge in [0.1, 0.15) is 18.3 Å². The Kier molecular flexibility index (Phi) is 2.43. The molecule has 1 saturated heterocycles. The molecule has 0 bridgehead atoms. The van der Waals surface area contributed by atoms with Crippen LogP contribution in [-0.4, -0.2) is 56.4 Å². The van der Waals surface area contributed by atoms with Crippen molar-refractivity contribution < 1.29 is 30.3 Å².